The number of esters is 1. The number of thiophene rings is 1. The number of anilines is 1. The number of benzene rings is 1. The van der Waals surface area contributed by atoms with Crippen LogP contribution >= 0.6 is 34.5 Å². The number of nitrogens with two attached hydrogens (primary N) is 1. The zero-order valence-corrected chi connectivity index (χ0v) is 18.1. The number of nitrogens with zero attached hydrogens (tertiary/aromatic N) is 3. The lowest BCUT2D eigenvalue weighted by atomic mass is 10.2. The summed E-state index contributed by atoms with van der Waals surface area (Å²) in [7, 11) is 1.94. The first-order valence-electron chi connectivity index (χ1n) is 8.65. The largest absolute Gasteiger partial charge is 0.462 e. The lowest BCUT2D eigenvalue weighted by Crippen LogP contribution is -2.19. The van der Waals surface area contributed by atoms with Gasteiger partial charge < -0.3 is 10.5 Å². The Bertz CT molecular complexity index is 1040. The summed E-state index contributed by atoms with van der Waals surface area (Å²) < 4.78 is 5.11. The van der Waals surface area contributed by atoms with Gasteiger partial charge in [-0.05, 0) is 38.1 Å². The van der Waals surface area contributed by atoms with E-state index in [9.17, 15) is 4.79 Å². The number of carbonyl (C=O) groups is 1. The molecule has 0 aliphatic heterocycles. The van der Waals surface area contributed by atoms with Crippen LogP contribution < -0.4 is 5.73 Å². The Hall–Kier alpha value is -1.93. The monoisotopic (exact) mass is 438 g/mol. The van der Waals surface area contributed by atoms with Gasteiger partial charge in [0.1, 0.15) is 21.3 Å². The number of ether oxygens (including phenoxy) is 1. The normalized spacial score (nSPS) is 11.4. The predicted octanol–water partition coefficient (Wildman–Crippen LogP) is 4.70. The number of rotatable bonds is 6. The Balaban J connectivity index is 1.85. The summed E-state index contributed by atoms with van der Waals surface area (Å²) in [6.07, 6.45) is 0. The molecule has 0 amide bonds. The standard InChI is InChI=1S/C19H20Cl2N4O2S/c1-4-27-19(26)16-10(2)14-17(22)23-13(24-18(14)28-16)9-25(3)8-11-6-5-7-12(20)15(11)21/h5-7H,4,8-9H2,1-3H3,(H2,22,23,24). The van der Waals surface area contributed by atoms with Crippen LogP contribution in [0.15, 0.2) is 18.2 Å². The molecule has 0 aliphatic carbocycles. The van der Waals surface area contributed by atoms with Gasteiger partial charge in [0.15, 0.2) is 0 Å². The summed E-state index contributed by atoms with van der Waals surface area (Å²) in [5.41, 5.74) is 7.83. The highest BCUT2D eigenvalue weighted by molar-refractivity contribution is 7.20. The van der Waals surface area contributed by atoms with Crippen LogP contribution in [0.5, 0.6) is 0 Å². The summed E-state index contributed by atoms with van der Waals surface area (Å²) in [6, 6.07) is 5.55. The van der Waals surface area contributed by atoms with Crippen LogP contribution in [0.3, 0.4) is 0 Å². The Morgan fingerprint density at radius 3 is 2.75 bits per heavy atom. The van der Waals surface area contributed by atoms with Gasteiger partial charge in [-0.2, -0.15) is 0 Å². The molecule has 0 saturated carbocycles. The number of hydrogen-bond donors (Lipinski definition) is 1. The van der Waals surface area contributed by atoms with E-state index in [1.54, 1.807) is 13.0 Å². The van der Waals surface area contributed by atoms with Crippen molar-refractivity contribution in [3.63, 3.8) is 0 Å². The average molecular weight is 439 g/mol. The summed E-state index contributed by atoms with van der Waals surface area (Å²) in [6.45, 7) is 4.97. The number of hydrogen-bond acceptors (Lipinski definition) is 7. The van der Waals surface area contributed by atoms with Gasteiger partial charge in [0.25, 0.3) is 0 Å². The minimum absolute atomic E-state index is 0.315. The van der Waals surface area contributed by atoms with E-state index in [1.165, 1.54) is 11.3 Å². The average Bonchev–Trinajstić information content (AvgIpc) is 2.96. The van der Waals surface area contributed by atoms with E-state index in [2.05, 4.69) is 9.97 Å². The minimum Gasteiger partial charge on any atom is -0.462 e. The van der Waals surface area contributed by atoms with E-state index < -0.39 is 0 Å². The third-order valence-corrected chi connectivity index (χ3v) is 6.23. The molecule has 2 heterocycles. The quantitative estimate of drug-likeness (QED) is 0.561. The molecule has 0 radical (unpaired) electrons. The number of halogens is 2. The molecule has 0 atom stereocenters. The van der Waals surface area contributed by atoms with Crippen molar-refractivity contribution >= 4 is 56.5 Å². The van der Waals surface area contributed by atoms with Gasteiger partial charge in [0, 0.05) is 6.54 Å². The van der Waals surface area contributed by atoms with Crippen molar-refractivity contribution in [3.05, 3.63) is 50.1 Å². The van der Waals surface area contributed by atoms with E-state index in [0.29, 0.717) is 56.5 Å². The third-order valence-electron chi connectivity index (χ3n) is 4.21. The first-order valence-corrected chi connectivity index (χ1v) is 10.2. The van der Waals surface area contributed by atoms with E-state index in [-0.39, 0.29) is 5.97 Å². The maximum absolute atomic E-state index is 12.1. The zero-order valence-electron chi connectivity index (χ0n) is 15.8. The topological polar surface area (TPSA) is 81.3 Å². The number of aromatic nitrogens is 2. The van der Waals surface area contributed by atoms with Crippen molar-refractivity contribution in [2.45, 2.75) is 26.9 Å². The summed E-state index contributed by atoms with van der Waals surface area (Å²) in [5, 5.41) is 1.77. The van der Waals surface area contributed by atoms with Crippen molar-refractivity contribution in [1.82, 2.24) is 14.9 Å². The Labute approximate surface area is 177 Å². The Kier molecular flexibility index (Phi) is 6.40. The van der Waals surface area contributed by atoms with Crippen LogP contribution in [-0.2, 0) is 17.8 Å². The van der Waals surface area contributed by atoms with E-state index in [1.807, 2.05) is 31.0 Å². The summed E-state index contributed by atoms with van der Waals surface area (Å²) >= 11 is 13.6. The van der Waals surface area contributed by atoms with Crippen molar-refractivity contribution in [2.24, 2.45) is 0 Å². The van der Waals surface area contributed by atoms with Crippen molar-refractivity contribution < 1.29 is 9.53 Å². The van der Waals surface area contributed by atoms with Crippen molar-refractivity contribution in [3.8, 4) is 0 Å². The van der Waals surface area contributed by atoms with Crippen LogP contribution in [0.2, 0.25) is 10.0 Å². The molecule has 2 N–H and O–H groups in total. The molecule has 28 heavy (non-hydrogen) atoms. The fourth-order valence-corrected chi connectivity index (χ4v) is 4.42. The SMILES string of the molecule is CCOC(=O)c1sc2nc(CN(C)Cc3cccc(Cl)c3Cl)nc(N)c2c1C. The van der Waals surface area contributed by atoms with Crippen LogP contribution in [0.4, 0.5) is 5.82 Å². The van der Waals surface area contributed by atoms with Gasteiger partial charge in [0.2, 0.25) is 0 Å². The predicted molar refractivity (Wildman–Crippen MR) is 114 cm³/mol. The van der Waals surface area contributed by atoms with Gasteiger partial charge in [-0.1, -0.05) is 35.3 Å². The van der Waals surface area contributed by atoms with Crippen molar-refractivity contribution in [2.75, 3.05) is 19.4 Å². The van der Waals surface area contributed by atoms with Crippen molar-refractivity contribution in [1.29, 1.82) is 0 Å². The number of nitrogen functional groups attached to an aromatic ring is 1. The highest BCUT2D eigenvalue weighted by atomic mass is 35.5. The van der Waals surface area contributed by atoms with Gasteiger partial charge >= 0.3 is 5.97 Å². The van der Waals surface area contributed by atoms with E-state index in [0.717, 1.165) is 11.1 Å². The molecule has 2 aromatic heterocycles. The van der Waals surface area contributed by atoms with Gasteiger partial charge in [-0.15, -0.1) is 11.3 Å². The molecule has 6 nitrogen and oxygen atoms in total. The van der Waals surface area contributed by atoms with E-state index in [4.69, 9.17) is 33.7 Å². The zero-order chi connectivity index (χ0) is 20.4. The van der Waals surface area contributed by atoms with E-state index >= 15 is 0 Å². The molecule has 3 rings (SSSR count). The summed E-state index contributed by atoms with van der Waals surface area (Å²) in [4.78, 5) is 24.4. The van der Waals surface area contributed by atoms with Crippen LogP contribution in [0, 0.1) is 6.92 Å². The van der Waals surface area contributed by atoms with Gasteiger partial charge in [-0.25, -0.2) is 14.8 Å². The molecule has 0 bridgehead atoms. The number of aryl methyl sites for hydroxylation is 1. The molecule has 3 aromatic rings. The maximum atomic E-state index is 12.1. The van der Waals surface area contributed by atoms with Crippen LogP contribution in [0.1, 0.15) is 33.5 Å². The van der Waals surface area contributed by atoms with Gasteiger partial charge in [0.05, 0.1) is 28.6 Å². The first-order chi connectivity index (χ1) is 13.3. The second kappa shape index (κ2) is 8.61. The van der Waals surface area contributed by atoms with Crippen LogP contribution in [-0.4, -0.2) is 34.5 Å². The number of fused-ring (bicyclic) bond motifs is 1. The molecule has 0 unspecified atom stereocenters. The Morgan fingerprint density at radius 1 is 1.29 bits per heavy atom. The van der Waals surface area contributed by atoms with Crippen LogP contribution in [0.25, 0.3) is 10.2 Å². The summed E-state index contributed by atoms with van der Waals surface area (Å²) in [5.74, 6) is 0.567. The highest BCUT2D eigenvalue weighted by Crippen LogP contribution is 2.33. The Morgan fingerprint density at radius 2 is 2.04 bits per heavy atom. The van der Waals surface area contributed by atoms with Gasteiger partial charge in [-0.3, -0.25) is 4.90 Å². The highest BCUT2D eigenvalue weighted by Gasteiger charge is 2.21. The minimum atomic E-state index is -0.364. The molecule has 148 valence electrons. The molecule has 0 saturated heterocycles. The molecule has 9 heteroatoms. The fraction of sp³-hybridized carbons (Fsp3) is 0.316. The molecule has 0 spiro atoms. The molecular weight excluding hydrogens is 419 g/mol. The smallest absolute Gasteiger partial charge is 0.348 e. The molecule has 0 fully saturated rings. The molecule has 0 aliphatic rings. The lowest BCUT2D eigenvalue weighted by molar-refractivity contribution is 0.0531. The second-order valence-electron chi connectivity index (χ2n) is 6.37. The molecule has 1 aromatic carbocycles. The lowest BCUT2D eigenvalue weighted by Gasteiger charge is -2.17. The number of carbonyl (C=O) groups excluding carboxylic acids is 1. The third kappa shape index (κ3) is 4.22. The molecular formula is C19H20Cl2N4O2S. The second-order valence-corrected chi connectivity index (χ2v) is 8.15. The first kappa shape index (κ1) is 20.8. The maximum Gasteiger partial charge on any atom is 0.348 e. The fourth-order valence-electron chi connectivity index (χ4n) is 2.94.